The fourth-order valence-electron chi connectivity index (χ4n) is 4.45. The molecule has 2 heteroatoms. The molecule has 0 aromatic heterocycles. The van der Waals surface area contributed by atoms with Crippen LogP contribution in [0.2, 0.25) is 0 Å². The average Bonchev–Trinajstić information content (AvgIpc) is 2.84. The summed E-state index contributed by atoms with van der Waals surface area (Å²) >= 11 is 0. The fourth-order valence-corrected chi connectivity index (χ4v) is 4.45. The molecule has 3 atom stereocenters. The summed E-state index contributed by atoms with van der Waals surface area (Å²) in [5.74, 6) is 2.03. The van der Waals surface area contributed by atoms with Gasteiger partial charge < -0.3 is 4.90 Å². The summed E-state index contributed by atoms with van der Waals surface area (Å²) in [6, 6.07) is 0.907. The molecule has 0 aromatic carbocycles. The van der Waals surface area contributed by atoms with E-state index < -0.39 is 0 Å². The first-order valence-corrected chi connectivity index (χ1v) is 8.27. The van der Waals surface area contributed by atoms with Crippen molar-refractivity contribution < 1.29 is 0 Å². The van der Waals surface area contributed by atoms with Crippen molar-refractivity contribution >= 4 is 0 Å². The van der Waals surface area contributed by atoms with E-state index in [0.717, 1.165) is 17.9 Å². The van der Waals surface area contributed by atoms with Gasteiger partial charge in [-0.25, -0.2) is 0 Å². The largest absolute Gasteiger partial charge is 0.301 e. The highest BCUT2D eigenvalue weighted by Gasteiger charge is 2.30. The molecule has 3 unspecified atom stereocenters. The highest BCUT2D eigenvalue weighted by Crippen LogP contribution is 2.31. The molecule has 2 saturated heterocycles. The van der Waals surface area contributed by atoms with Crippen molar-refractivity contribution in [3.8, 4) is 0 Å². The second-order valence-corrected chi connectivity index (χ2v) is 7.06. The molecule has 3 aliphatic rings. The van der Waals surface area contributed by atoms with E-state index >= 15 is 0 Å². The van der Waals surface area contributed by atoms with Gasteiger partial charge in [-0.2, -0.15) is 0 Å². The lowest BCUT2D eigenvalue weighted by atomic mass is 9.81. The molecular formula is C16H30N2. The molecule has 3 rings (SSSR count). The van der Waals surface area contributed by atoms with Crippen molar-refractivity contribution in [3.05, 3.63) is 0 Å². The topological polar surface area (TPSA) is 6.48 Å². The standard InChI is InChI=1S/C16H30N2/c1-14-4-2-5-15(12-14)7-9-17-10-11-18-8-3-6-16(18)13-17/h14-16H,2-13H2,1H3. The second-order valence-electron chi connectivity index (χ2n) is 7.06. The Morgan fingerprint density at radius 1 is 1.00 bits per heavy atom. The van der Waals surface area contributed by atoms with E-state index in [4.69, 9.17) is 0 Å². The molecule has 0 spiro atoms. The minimum atomic E-state index is 0.907. The smallest absolute Gasteiger partial charge is 0.0224 e. The number of fused-ring (bicyclic) bond motifs is 1. The Morgan fingerprint density at radius 2 is 1.94 bits per heavy atom. The number of nitrogens with zero attached hydrogens (tertiary/aromatic N) is 2. The molecule has 1 aliphatic carbocycles. The van der Waals surface area contributed by atoms with Crippen LogP contribution in [0.15, 0.2) is 0 Å². The Labute approximate surface area is 113 Å². The normalized spacial score (nSPS) is 38.8. The van der Waals surface area contributed by atoms with Crippen LogP contribution in [0.3, 0.4) is 0 Å². The van der Waals surface area contributed by atoms with Crippen molar-refractivity contribution in [2.75, 3.05) is 32.7 Å². The van der Waals surface area contributed by atoms with Crippen LogP contribution >= 0.6 is 0 Å². The number of piperazine rings is 1. The van der Waals surface area contributed by atoms with E-state index in [-0.39, 0.29) is 0 Å². The Hall–Kier alpha value is -0.0800. The molecule has 3 fully saturated rings. The molecule has 2 aliphatic heterocycles. The van der Waals surface area contributed by atoms with Crippen LogP contribution in [0.25, 0.3) is 0 Å². The van der Waals surface area contributed by atoms with Gasteiger partial charge in [0.15, 0.2) is 0 Å². The number of rotatable bonds is 3. The monoisotopic (exact) mass is 250 g/mol. The van der Waals surface area contributed by atoms with Gasteiger partial charge in [-0.15, -0.1) is 0 Å². The first-order valence-electron chi connectivity index (χ1n) is 8.27. The quantitative estimate of drug-likeness (QED) is 0.760. The SMILES string of the molecule is CC1CCCC(CCN2CCN3CCCC3C2)C1. The zero-order valence-corrected chi connectivity index (χ0v) is 12.1. The zero-order chi connectivity index (χ0) is 12.4. The molecule has 1 saturated carbocycles. The summed E-state index contributed by atoms with van der Waals surface area (Å²) in [5, 5.41) is 0. The Bertz CT molecular complexity index is 266. The summed E-state index contributed by atoms with van der Waals surface area (Å²) in [6.07, 6.45) is 10.4. The summed E-state index contributed by atoms with van der Waals surface area (Å²) < 4.78 is 0. The second kappa shape index (κ2) is 5.92. The fraction of sp³-hybridized carbons (Fsp3) is 1.00. The van der Waals surface area contributed by atoms with E-state index in [2.05, 4.69) is 16.7 Å². The average molecular weight is 250 g/mol. The molecule has 0 N–H and O–H groups in total. The Balaban J connectivity index is 1.40. The van der Waals surface area contributed by atoms with Crippen molar-refractivity contribution in [2.45, 2.75) is 57.9 Å². The molecule has 104 valence electrons. The van der Waals surface area contributed by atoms with Gasteiger partial charge in [0.05, 0.1) is 0 Å². The third kappa shape index (κ3) is 3.08. The van der Waals surface area contributed by atoms with E-state index in [1.807, 2.05) is 0 Å². The Kier molecular flexibility index (Phi) is 4.25. The maximum absolute atomic E-state index is 2.76. The van der Waals surface area contributed by atoms with Gasteiger partial charge in [0, 0.05) is 25.7 Å². The Morgan fingerprint density at radius 3 is 2.83 bits per heavy atom. The van der Waals surface area contributed by atoms with Gasteiger partial charge >= 0.3 is 0 Å². The summed E-state index contributed by atoms with van der Waals surface area (Å²) in [4.78, 5) is 5.48. The molecular weight excluding hydrogens is 220 g/mol. The lowest BCUT2D eigenvalue weighted by molar-refractivity contribution is 0.0959. The molecule has 18 heavy (non-hydrogen) atoms. The van der Waals surface area contributed by atoms with Gasteiger partial charge in [0.25, 0.3) is 0 Å². The lowest BCUT2D eigenvalue weighted by Gasteiger charge is -2.38. The van der Waals surface area contributed by atoms with Crippen molar-refractivity contribution in [1.29, 1.82) is 0 Å². The highest BCUT2D eigenvalue weighted by molar-refractivity contribution is 4.87. The molecule has 2 heterocycles. The molecule has 0 radical (unpaired) electrons. The maximum Gasteiger partial charge on any atom is 0.0224 e. The predicted octanol–water partition coefficient (Wildman–Crippen LogP) is 2.98. The summed E-state index contributed by atoms with van der Waals surface area (Å²) in [7, 11) is 0. The predicted molar refractivity (Wildman–Crippen MR) is 76.8 cm³/mol. The molecule has 0 aromatic rings. The third-order valence-corrected chi connectivity index (χ3v) is 5.57. The van der Waals surface area contributed by atoms with Gasteiger partial charge in [-0.3, -0.25) is 4.90 Å². The molecule has 0 bridgehead atoms. The van der Waals surface area contributed by atoms with Gasteiger partial charge in [0.2, 0.25) is 0 Å². The van der Waals surface area contributed by atoms with E-state index in [1.165, 1.54) is 77.7 Å². The van der Waals surface area contributed by atoms with Crippen LogP contribution in [-0.4, -0.2) is 48.6 Å². The molecule has 0 amide bonds. The lowest BCUT2D eigenvalue weighted by Crippen LogP contribution is -2.50. The van der Waals surface area contributed by atoms with Crippen LogP contribution in [0.5, 0.6) is 0 Å². The molecule has 2 nitrogen and oxygen atoms in total. The van der Waals surface area contributed by atoms with Crippen LogP contribution in [0, 0.1) is 11.8 Å². The zero-order valence-electron chi connectivity index (χ0n) is 12.1. The van der Waals surface area contributed by atoms with Crippen molar-refractivity contribution in [2.24, 2.45) is 11.8 Å². The van der Waals surface area contributed by atoms with Gasteiger partial charge in [-0.1, -0.05) is 26.2 Å². The van der Waals surface area contributed by atoms with Crippen LogP contribution in [-0.2, 0) is 0 Å². The third-order valence-electron chi connectivity index (χ3n) is 5.57. The van der Waals surface area contributed by atoms with Crippen molar-refractivity contribution in [3.63, 3.8) is 0 Å². The van der Waals surface area contributed by atoms with Crippen LogP contribution in [0.1, 0.15) is 51.9 Å². The van der Waals surface area contributed by atoms with Crippen LogP contribution < -0.4 is 0 Å². The highest BCUT2D eigenvalue weighted by atomic mass is 15.3. The number of hydrogen-bond acceptors (Lipinski definition) is 2. The summed E-state index contributed by atoms with van der Waals surface area (Å²) in [5.41, 5.74) is 0. The van der Waals surface area contributed by atoms with E-state index in [0.29, 0.717) is 0 Å². The van der Waals surface area contributed by atoms with Gasteiger partial charge in [-0.05, 0) is 50.6 Å². The van der Waals surface area contributed by atoms with E-state index in [9.17, 15) is 0 Å². The maximum atomic E-state index is 2.76. The number of hydrogen-bond donors (Lipinski definition) is 0. The van der Waals surface area contributed by atoms with Gasteiger partial charge in [0.1, 0.15) is 0 Å². The van der Waals surface area contributed by atoms with Crippen LogP contribution in [0.4, 0.5) is 0 Å². The first-order chi connectivity index (χ1) is 8.81. The van der Waals surface area contributed by atoms with E-state index in [1.54, 1.807) is 0 Å². The first kappa shape index (κ1) is 12.9. The minimum absolute atomic E-state index is 0.907. The van der Waals surface area contributed by atoms with Crippen molar-refractivity contribution in [1.82, 2.24) is 9.80 Å². The summed E-state index contributed by atoms with van der Waals surface area (Å²) in [6.45, 7) is 9.23. The minimum Gasteiger partial charge on any atom is -0.301 e.